The van der Waals surface area contributed by atoms with Gasteiger partial charge in [-0.2, -0.15) is 0 Å². The summed E-state index contributed by atoms with van der Waals surface area (Å²) in [5.41, 5.74) is 0.688. The quantitative estimate of drug-likeness (QED) is 0.752. The van der Waals surface area contributed by atoms with E-state index in [1.165, 1.54) is 5.57 Å². The van der Waals surface area contributed by atoms with E-state index in [0.29, 0.717) is 5.92 Å². The third-order valence-corrected chi connectivity index (χ3v) is 6.95. The highest BCUT2D eigenvalue weighted by Gasteiger charge is 2.58. The van der Waals surface area contributed by atoms with E-state index >= 15 is 0 Å². The minimum atomic E-state index is -0.614. The molecule has 0 saturated heterocycles. The van der Waals surface area contributed by atoms with E-state index in [9.17, 15) is 10.2 Å². The molecule has 0 radical (unpaired) electrons. The van der Waals surface area contributed by atoms with E-state index < -0.39 is 5.60 Å². The van der Waals surface area contributed by atoms with Crippen LogP contribution in [0.1, 0.15) is 66.2 Å². The third-order valence-electron chi connectivity index (χ3n) is 6.95. The van der Waals surface area contributed by atoms with E-state index in [0.717, 1.165) is 38.5 Å². The van der Waals surface area contributed by atoms with E-state index in [4.69, 9.17) is 0 Å². The first-order valence-electron chi connectivity index (χ1n) is 8.82. The van der Waals surface area contributed by atoms with Crippen LogP contribution in [0.5, 0.6) is 0 Å². The van der Waals surface area contributed by atoms with Crippen LogP contribution in [0, 0.1) is 22.7 Å². The second kappa shape index (κ2) is 6.13. The molecule has 2 aliphatic rings. The van der Waals surface area contributed by atoms with Crippen LogP contribution < -0.4 is 0 Å². The first kappa shape index (κ1) is 17.7. The molecule has 2 rings (SSSR count). The maximum Gasteiger partial charge on any atom is 0.0656 e. The van der Waals surface area contributed by atoms with Gasteiger partial charge in [0.2, 0.25) is 0 Å². The molecule has 2 nitrogen and oxygen atoms in total. The molecule has 0 spiro atoms. The van der Waals surface area contributed by atoms with Gasteiger partial charge < -0.3 is 10.2 Å². The predicted molar refractivity (Wildman–Crippen MR) is 92.6 cm³/mol. The average Bonchev–Trinajstić information content (AvgIpc) is 2.45. The van der Waals surface area contributed by atoms with Gasteiger partial charge in [0.05, 0.1) is 5.60 Å². The number of allylic oxidation sites excluding steroid dienone is 3. The molecule has 2 heteroatoms. The molecular formula is C20H34O2. The zero-order chi connectivity index (χ0) is 16.6. The number of hydrogen-bond acceptors (Lipinski definition) is 2. The Balaban J connectivity index is 2.36. The molecule has 126 valence electrons. The van der Waals surface area contributed by atoms with Gasteiger partial charge >= 0.3 is 0 Å². The third kappa shape index (κ3) is 2.92. The van der Waals surface area contributed by atoms with Crippen molar-refractivity contribution in [1.82, 2.24) is 0 Å². The van der Waals surface area contributed by atoms with Gasteiger partial charge in [0.1, 0.15) is 0 Å². The Kier molecular flexibility index (Phi) is 4.94. The summed E-state index contributed by atoms with van der Waals surface area (Å²) in [5.74, 6) is 0.751. The zero-order valence-corrected chi connectivity index (χ0v) is 14.9. The molecule has 0 amide bonds. The summed E-state index contributed by atoms with van der Waals surface area (Å²) in [4.78, 5) is 0. The van der Waals surface area contributed by atoms with E-state index in [2.05, 4.69) is 33.4 Å². The summed E-state index contributed by atoms with van der Waals surface area (Å²) in [7, 11) is 0. The summed E-state index contributed by atoms with van der Waals surface area (Å²) >= 11 is 0. The molecule has 2 N–H and O–H groups in total. The fourth-order valence-electron chi connectivity index (χ4n) is 5.53. The second-order valence-corrected chi connectivity index (χ2v) is 8.56. The number of aliphatic hydroxyl groups excluding tert-OH is 1. The van der Waals surface area contributed by atoms with Gasteiger partial charge in [-0.15, -0.1) is 0 Å². The molecule has 0 aromatic rings. The average molecular weight is 306 g/mol. The van der Waals surface area contributed by atoms with Gasteiger partial charge in [-0.3, -0.25) is 0 Å². The number of hydrogen-bond donors (Lipinski definition) is 2. The molecule has 0 aliphatic heterocycles. The highest BCUT2D eigenvalue weighted by Crippen LogP contribution is 2.62. The molecule has 2 aliphatic carbocycles. The van der Waals surface area contributed by atoms with Crippen molar-refractivity contribution in [2.45, 2.75) is 71.8 Å². The summed E-state index contributed by atoms with van der Waals surface area (Å²) in [6, 6.07) is 0. The van der Waals surface area contributed by atoms with Gasteiger partial charge in [0.25, 0.3) is 0 Å². The molecule has 2 fully saturated rings. The van der Waals surface area contributed by atoms with Crippen LogP contribution >= 0.6 is 0 Å². The molecule has 5 atom stereocenters. The molecule has 0 aromatic carbocycles. The second-order valence-electron chi connectivity index (χ2n) is 8.56. The van der Waals surface area contributed by atoms with Gasteiger partial charge in [-0.05, 0) is 68.6 Å². The highest BCUT2D eigenvalue weighted by molar-refractivity contribution is 5.16. The van der Waals surface area contributed by atoms with Crippen LogP contribution in [-0.4, -0.2) is 22.4 Å². The van der Waals surface area contributed by atoms with Crippen molar-refractivity contribution in [3.8, 4) is 0 Å². The van der Waals surface area contributed by atoms with Gasteiger partial charge in [-0.1, -0.05) is 44.6 Å². The predicted octanol–water partition coefficient (Wildman–Crippen LogP) is 4.47. The monoisotopic (exact) mass is 306 g/mol. The Morgan fingerprint density at radius 1 is 1.23 bits per heavy atom. The van der Waals surface area contributed by atoms with E-state index in [-0.39, 0.29) is 23.4 Å². The first-order chi connectivity index (χ1) is 10.2. The summed E-state index contributed by atoms with van der Waals surface area (Å²) in [5, 5.41) is 21.0. The Morgan fingerprint density at radius 3 is 2.50 bits per heavy atom. The molecule has 22 heavy (non-hydrogen) atoms. The summed E-state index contributed by atoms with van der Waals surface area (Å²) < 4.78 is 0. The fraction of sp³-hybridized carbons (Fsp3) is 0.800. The number of rotatable bonds is 4. The Labute approximate surface area is 136 Å². The van der Waals surface area contributed by atoms with Gasteiger partial charge in [0.15, 0.2) is 0 Å². The minimum Gasteiger partial charge on any atom is -0.396 e. The summed E-state index contributed by atoms with van der Waals surface area (Å²) in [6.45, 7) is 12.8. The zero-order valence-electron chi connectivity index (χ0n) is 14.9. The van der Waals surface area contributed by atoms with Gasteiger partial charge in [-0.25, -0.2) is 0 Å². The van der Waals surface area contributed by atoms with E-state index in [1.54, 1.807) is 0 Å². The van der Waals surface area contributed by atoms with Crippen molar-refractivity contribution in [3.63, 3.8) is 0 Å². The van der Waals surface area contributed by atoms with Crippen molar-refractivity contribution < 1.29 is 10.2 Å². The molecular weight excluding hydrogens is 272 g/mol. The van der Waals surface area contributed by atoms with Gasteiger partial charge in [0, 0.05) is 6.61 Å². The van der Waals surface area contributed by atoms with Crippen LogP contribution in [-0.2, 0) is 0 Å². The smallest absolute Gasteiger partial charge is 0.0656 e. The molecule has 0 unspecified atom stereocenters. The Morgan fingerprint density at radius 2 is 1.91 bits per heavy atom. The van der Waals surface area contributed by atoms with Crippen LogP contribution in [0.25, 0.3) is 0 Å². The lowest BCUT2D eigenvalue weighted by Gasteiger charge is -2.61. The topological polar surface area (TPSA) is 40.5 Å². The first-order valence-corrected chi connectivity index (χ1v) is 8.82. The normalized spacial score (nSPS) is 46.2. The Hall–Kier alpha value is -0.600. The maximum atomic E-state index is 11.0. The van der Waals surface area contributed by atoms with Crippen molar-refractivity contribution in [1.29, 1.82) is 0 Å². The lowest BCUT2D eigenvalue weighted by molar-refractivity contribution is -0.176. The van der Waals surface area contributed by atoms with Crippen LogP contribution in [0.3, 0.4) is 0 Å². The van der Waals surface area contributed by atoms with Crippen molar-refractivity contribution in [2.75, 3.05) is 6.61 Å². The largest absolute Gasteiger partial charge is 0.396 e. The lowest BCUT2D eigenvalue weighted by Crippen LogP contribution is -2.58. The van der Waals surface area contributed by atoms with Crippen molar-refractivity contribution in [3.05, 3.63) is 24.3 Å². The highest BCUT2D eigenvalue weighted by atomic mass is 16.3. The van der Waals surface area contributed by atoms with Crippen molar-refractivity contribution in [2.24, 2.45) is 22.7 Å². The number of aliphatic hydroxyl groups is 2. The van der Waals surface area contributed by atoms with Crippen LogP contribution in [0.2, 0.25) is 0 Å². The fourth-order valence-corrected chi connectivity index (χ4v) is 5.53. The van der Waals surface area contributed by atoms with E-state index in [1.807, 2.05) is 13.0 Å². The van der Waals surface area contributed by atoms with Crippen molar-refractivity contribution >= 4 is 0 Å². The molecule has 0 aromatic heterocycles. The maximum absolute atomic E-state index is 11.0. The summed E-state index contributed by atoms with van der Waals surface area (Å²) in [6.07, 6.45) is 10.3. The minimum absolute atomic E-state index is 0.0128. The van der Waals surface area contributed by atoms with Crippen LogP contribution in [0.4, 0.5) is 0 Å². The lowest BCUT2D eigenvalue weighted by atomic mass is 9.45. The molecule has 0 heterocycles. The standard InChI is InChI=1S/C20H34O2/c1-6-15(2)8-9-17-19(4)12-7-11-18(3,14-21)16(19)10-13-20(17,5)22/h6,8,16-17,21-22H,1,7,9-14H2,2-5H3/b15-8+/t16-,17+,18-,19-,20+/m1/s1. The van der Waals surface area contributed by atoms with Crippen LogP contribution in [0.15, 0.2) is 24.3 Å². The molecule has 2 saturated carbocycles. The SMILES string of the molecule is C=C/C(C)=C/C[C@H]1[C@]2(C)CCC[C@](C)(CO)[C@H]2CC[C@]1(C)O. The number of fused-ring (bicyclic) bond motifs is 1. The molecule has 0 bridgehead atoms. The Bertz CT molecular complexity index is 451.